The molecular formula is C20H21NO4. The standard InChI is InChI=1S/C20H21NO4/c1-12-10-21(11-18(25-12)20(23)24)19(22)17-9-16(17)15-8-4-6-13-5-2-3-7-14(13)15/h2-8,12,16-18H,9-11H2,1H3,(H,23,24)/t12-,16?,17?,18?/m1/s1. The molecule has 1 N–H and O–H groups in total. The monoisotopic (exact) mass is 339 g/mol. The van der Waals surface area contributed by atoms with Gasteiger partial charge in [-0.1, -0.05) is 42.5 Å². The first-order valence-electron chi connectivity index (χ1n) is 8.69. The number of ether oxygens (including phenoxy) is 1. The van der Waals surface area contributed by atoms with E-state index in [1.54, 1.807) is 4.90 Å². The lowest BCUT2D eigenvalue weighted by molar-refractivity contribution is -0.167. The van der Waals surface area contributed by atoms with Crippen LogP contribution in [0.5, 0.6) is 0 Å². The van der Waals surface area contributed by atoms with Crippen LogP contribution in [0, 0.1) is 5.92 Å². The van der Waals surface area contributed by atoms with Crippen LogP contribution >= 0.6 is 0 Å². The van der Waals surface area contributed by atoms with E-state index in [1.165, 1.54) is 16.3 Å². The van der Waals surface area contributed by atoms with Crippen molar-refractivity contribution in [2.24, 2.45) is 5.92 Å². The summed E-state index contributed by atoms with van der Waals surface area (Å²) in [5.41, 5.74) is 1.22. The van der Waals surface area contributed by atoms with Crippen molar-refractivity contribution in [1.29, 1.82) is 0 Å². The number of carbonyl (C=O) groups excluding carboxylic acids is 1. The quantitative estimate of drug-likeness (QED) is 0.933. The van der Waals surface area contributed by atoms with E-state index in [-0.39, 0.29) is 30.4 Å². The van der Waals surface area contributed by atoms with Gasteiger partial charge in [0.25, 0.3) is 0 Å². The topological polar surface area (TPSA) is 66.8 Å². The molecular weight excluding hydrogens is 318 g/mol. The van der Waals surface area contributed by atoms with Gasteiger partial charge in [0.2, 0.25) is 5.91 Å². The number of hydrogen-bond acceptors (Lipinski definition) is 3. The molecule has 25 heavy (non-hydrogen) atoms. The summed E-state index contributed by atoms with van der Waals surface area (Å²) >= 11 is 0. The Morgan fingerprint density at radius 2 is 1.88 bits per heavy atom. The molecule has 1 heterocycles. The maximum atomic E-state index is 12.9. The maximum absolute atomic E-state index is 12.9. The average Bonchev–Trinajstić information content (AvgIpc) is 3.40. The fourth-order valence-electron chi connectivity index (χ4n) is 3.89. The second-order valence-electron chi connectivity index (χ2n) is 7.03. The highest BCUT2D eigenvalue weighted by molar-refractivity contribution is 5.90. The van der Waals surface area contributed by atoms with Gasteiger partial charge in [-0.25, -0.2) is 4.79 Å². The van der Waals surface area contributed by atoms with Crippen LogP contribution in [0.1, 0.15) is 24.8 Å². The zero-order valence-electron chi connectivity index (χ0n) is 14.1. The molecule has 2 fully saturated rings. The van der Waals surface area contributed by atoms with E-state index in [1.807, 2.05) is 25.1 Å². The van der Waals surface area contributed by atoms with Crippen molar-refractivity contribution in [3.63, 3.8) is 0 Å². The molecule has 0 aromatic heterocycles. The summed E-state index contributed by atoms with van der Waals surface area (Å²) in [5.74, 6) is -0.782. The molecule has 1 amide bonds. The Morgan fingerprint density at radius 3 is 2.68 bits per heavy atom. The van der Waals surface area contributed by atoms with Gasteiger partial charge in [0.15, 0.2) is 6.10 Å². The van der Waals surface area contributed by atoms with E-state index in [9.17, 15) is 14.7 Å². The lowest BCUT2D eigenvalue weighted by Crippen LogP contribution is -2.52. The lowest BCUT2D eigenvalue weighted by atomic mass is 10.00. The van der Waals surface area contributed by atoms with Crippen LogP contribution in [-0.2, 0) is 14.3 Å². The molecule has 2 aromatic rings. The van der Waals surface area contributed by atoms with E-state index < -0.39 is 12.1 Å². The van der Waals surface area contributed by atoms with Gasteiger partial charge in [-0.2, -0.15) is 0 Å². The number of fused-ring (bicyclic) bond motifs is 1. The highest BCUT2D eigenvalue weighted by Crippen LogP contribution is 2.50. The number of carbonyl (C=O) groups is 2. The first-order chi connectivity index (χ1) is 12.0. The highest BCUT2D eigenvalue weighted by Gasteiger charge is 2.47. The molecule has 130 valence electrons. The molecule has 4 atom stereocenters. The summed E-state index contributed by atoms with van der Waals surface area (Å²) in [6.07, 6.45) is -0.355. The third kappa shape index (κ3) is 3.00. The third-order valence-corrected chi connectivity index (χ3v) is 5.18. The van der Waals surface area contributed by atoms with E-state index in [4.69, 9.17) is 4.74 Å². The minimum absolute atomic E-state index is 0.0504. The Morgan fingerprint density at radius 1 is 1.12 bits per heavy atom. The molecule has 1 aliphatic carbocycles. The molecule has 2 aromatic carbocycles. The Hall–Kier alpha value is -2.40. The molecule has 4 rings (SSSR count). The normalized spacial score (nSPS) is 28.8. The molecule has 1 saturated heterocycles. The number of morpholine rings is 1. The van der Waals surface area contributed by atoms with Crippen LogP contribution in [0.15, 0.2) is 42.5 Å². The van der Waals surface area contributed by atoms with Crippen molar-refractivity contribution < 1.29 is 19.4 Å². The second-order valence-corrected chi connectivity index (χ2v) is 7.03. The van der Waals surface area contributed by atoms with Gasteiger partial charge in [0, 0.05) is 12.5 Å². The Balaban J connectivity index is 1.52. The summed E-state index contributed by atoms with van der Waals surface area (Å²) in [7, 11) is 0. The number of carboxylic acid groups (broad SMARTS) is 1. The minimum Gasteiger partial charge on any atom is -0.479 e. The number of nitrogens with zero attached hydrogens (tertiary/aromatic N) is 1. The molecule has 1 aliphatic heterocycles. The van der Waals surface area contributed by atoms with E-state index in [0.717, 1.165) is 6.42 Å². The van der Waals surface area contributed by atoms with Gasteiger partial charge in [-0.15, -0.1) is 0 Å². The van der Waals surface area contributed by atoms with Crippen LogP contribution in [0.4, 0.5) is 0 Å². The van der Waals surface area contributed by atoms with Crippen molar-refractivity contribution in [1.82, 2.24) is 4.90 Å². The molecule has 5 nitrogen and oxygen atoms in total. The van der Waals surface area contributed by atoms with Crippen LogP contribution in [-0.4, -0.2) is 47.2 Å². The third-order valence-electron chi connectivity index (χ3n) is 5.18. The number of rotatable bonds is 3. The largest absolute Gasteiger partial charge is 0.479 e. The molecule has 5 heteroatoms. The molecule has 0 bridgehead atoms. The van der Waals surface area contributed by atoms with Crippen molar-refractivity contribution in [2.45, 2.75) is 31.5 Å². The Kier molecular flexibility index (Phi) is 3.96. The average molecular weight is 339 g/mol. The fourth-order valence-corrected chi connectivity index (χ4v) is 3.89. The van der Waals surface area contributed by atoms with E-state index >= 15 is 0 Å². The molecule has 1 saturated carbocycles. The second kappa shape index (κ2) is 6.15. The summed E-state index contributed by atoms with van der Waals surface area (Å²) in [6, 6.07) is 14.4. The first-order valence-corrected chi connectivity index (χ1v) is 8.69. The summed E-state index contributed by atoms with van der Waals surface area (Å²) in [4.78, 5) is 25.8. The van der Waals surface area contributed by atoms with Crippen LogP contribution in [0.2, 0.25) is 0 Å². The van der Waals surface area contributed by atoms with Crippen LogP contribution in [0.3, 0.4) is 0 Å². The number of benzene rings is 2. The maximum Gasteiger partial charge on any atom is 0.334 e. The van der Waals surface area contributed by atoms with Crippen LogP contribution in [0.25, 0.3) is 10.8 Å². The van der Waals surface area contributed by atoms with Gasteiger partial charge in [0.1, 0.15) is 0 Å². The van der Waals surface area contributed by atoms with Crippen molar-refractivity contribution in [3.05, 3.63) is 48.0 Å². The molecule has 3 unspecified atom stereocenters. The Labute approximate surface area is 146 Å². The predicted octanol–water partition coefficient (Wildman–Crippen LogP) is 2.64. The minimum atomic E-state index is -1.01. The number of carboxylic acids is 1. The zero-order valence-corrected chi connectivity index (χ0v) is 14.1. The van der Waals surface area contributed by atoms with Gasteiger partial charge in [-0.3, -0.25) is 4.79 Å². The number of aliphatic carboxylic acids is 1. The van der Waals surface area contributed by atoms with Crippen LogP contribution < -0.4 is 0 Å². The van der Waals surface area contributed by atoms with Crippen molar-refractivity contribution in [3.8, 4) is 0 Å². The van der Waals surface area contributed by atoms with Gasteiger partial charge in [0.05, 0.1) is 12.6 Å². The smallest absolute Gasteiger partial charge is 0.334 e. The summed E-state index contributed by atoms with van der Waals surface area (Å²) in [5, 5.41) is 11.6. The number of amides is 1. The van der Waals surface area contributed by atoms with Gasteiger partial charge < -0.3 is 14.7 Å². The van der Waals surface area contributed by atoms with Crippen molar-refractivity contribution in [2.75, 3.05) is 13.1 Å². The molecule has 0 radical (unpaired) electrons. The van der Waals surface area contributed by atoms with E-state index in [2.05, 4.69) is 24.3 Å². The SMILES string of the molecule is C[C@@H]1CN(C(=O)C2CC2c2cccc3ccccc23)CC(C(=O)O)O1. The van der Waals surface area contributed by atoms with Gasteiger partial charge in [-0.05, 0) is 35.6 Å². The predicted molar refractivity (Wildman–Crippen MR) is 93.3 cm³/mol. The lowest BCUT2D eigenvalue weighted by Gasteiger charge is -2.35. The summed E-state index contributed by atoms with van der Waals surface area (Å²) in [6.45, 7) is 2.41. The van der Waals surface area contributed by atoms with E-state index in [0.29, 0.717) is 6.54 Å². The van der Waals surface area contributed by atoms with Crippen molar-refractivity contribution >= 4 is 22.6 Å². The number of hydrogen-bond donors (Lipinski definition) is 1. The fraction of sp³-hybridized carbons (Fsp3) is 0.400. The molecule has 2 aliphatic rings. The molecule has 0 spiro atoms. The highest BCUT2D eigenvalue weighted by atomic mass is 16.5. The zero-order chi connectivity index (χ0) is 17.6. The summed E-state index contributed by atoms with van der Waals surface area (Å²) < 4.78 is 5.40. The Bertz CT molecular complexity index is 828. The van der Waals surface area contributed by atoms with Gasteiger partial charge >= 0.3 is 5.97 Å². The first kappa shape index (κ1) is 16.1.